The highest BCUT2D eigenvalue weighted by Gasteiger charge is 2.25. The third kappa shape index (κ3) is 2.57. The normalized spacial score (nSPS) is 23.6. The minimum atomic E-state index is 0.466. The first kappa shape index (κ1) is 11.9. The molecule has 1 saturated heterocycles. The summed E-state index contributed by atoms with van der Waals surface area (Å²) in [6.07, 6.45) is 1.23. The molecule has 0 saturated carbocycles. The van der Waals surface area contributed by atoms with Crippen LogP contribution in [-0.4, -0.2) is 24.5 Å². The Morgan fingerprint density at radius 3 is 2.69 bits per heavy atom. The van der Waals surface area contributed by atoms with Gasteiger partial charge in [0.05, 0.1) is 0 Å². The Morgan fingerprint density at radius 2 is 2.12 bits per heavy atom. The van der Waals surface area contributed by atoms with E-state index in [2.05, 4.69) is 24.0 Å². The molecule has 2 rings (SSSR count). The standard InChI is InChI=1S/C13H19ClN2/c1-10(12-2-4-13(14)5-3-12)16-7-6-11(8-15)9-16/h2-5,10-11H,6-9,15H2,1H3. The van der Waals surface area contributed by atoms with Gasteiger partial charge in [0.1, 0.15) is 0 Å². The summed E-state index contributed by atoms with van der Waals surface area (Å²) in [5.74, 6) is 0.676. The fraction of sp³-hybridized carbons (Fsp3) is 0.538. The Labute approximate surface area is 102 Å². The van der Waals surface area contributed by atoms with E-state index in [1.807, 2.05) is 12.1 Å². The maximum atomic E-state index is 5.89. The predicted octanol–water partition coefficient (Wildman–Crippen LogP) is 2.68. The highest BCUT2D eigenvalue weighted by atomic mass is 35.5. The first-order valence-corrected chi connectivity index (χ1v) is 6.28. The number of likely N-dealkylation sites (tertiary alicyclic amines) is 1. The molecule has 2 nitrogen and oxygen atoms in total. The van der Waals surface area contributed by atoms with Crippen LogP contribution in [0.4, 0.5) is 0 Å². The first-order chi connectivity index (χ1) is 7.70. The number of hydrogen-bond acceptors (Lipinski definition) is 2. The van der Waals surface area contributed by atoms with Crippen molar-refractivity contribution in [1.29, 1.82) is 0 Å². The van der Waals surface area contributed by atoms with Gasteiger partial charge in [-0.15, -0.1) is 0 Å². The number of hydrogen-bond donors (Lipinski definition) is 1. The van der Waals surface area contributed by atoms with E-state index in [0.717, 1.165) is 24.7 Å². The molecule has 1 aromatic rings. The second-order valence-corrected chi connectivity index (χ2v) is 5.05. The molecule has 0 aromatic heterocycles. The third-order valence-electron chi connectivity index (χ3n) is 3.55. The zero-order valence-corrected chi connectivity index (χ0v) is 10.5. The minimum Gasteiger partial charge on any atom is -0.330 e. The SMILES string of the molecule is CC(c1ccc(Cl)cc1)N1CCC(CN)C1. The lowest BCUT2D eigenvalue weighted by Gasteiger charge is -2.24. The molecular weight excluding hydrogens is 220 g/mol. The Kier molecular flexibility index (Phi) is 3.85. The lowest BCUT2D eigenvalue weighted by atomic mass is 10.1. The van der Waals surface area contributed by atoms with Gasteiger partial charge in [-0.1, -0.05) is 23.7 Å². The van der Waals surface area contributed by atoms with Crippen LogP contribution in [0.25, 0.3) is 0 Å². The fourth-order valence-electron chi connectivity index (χ4n) is 2.36. The first-order valence-electron chi connectivity index (χ1n) is 5.90. The molecule has 0 aliphatic carbocycles. The Hall–Kier alpha value is -0.570. The molecular formula is C13H19ClN2. The molecule has 1 aliphatic rings. The van der Waals surface area contributed by atoms with E-state index in [9.17, 15) is 0 Å². The molecule has 1 aliphatic heterocycles. The van der Waals surface area contributed by atoms with Gasteiger partial charge in [-0.3, -0.25) is 4.90 Å². The van der Waals surface area contributed by atoms with Crippen LogP contribution >= 0.6 is 11.6 Å². The number of nitrogens with two attached hydrogens (primary N) is 1. The smallest absolute Gasteiger partial charge is 0.0406 e. The van der Waals surface area contributed by atoms with E-state index in [4.69, 9.17) is 17.3 Å². The molecule has 0 bridgehead atoms. The van der Waals surface area contributed by atoms with Crippen LogP contribution in [0.5, 0.6) is 0 Å². The fourth-order valence-corrected chi connectivity index (χ4v) is 2.48. The van der Waals surface area contributed by atoms with Gasteiger partial charge in [0.25, 0.3) is 0 Å². The molecule has 1 fully saturated rings. The summed E-state index contributed by atoms with van der Waals surface area (Å²) < 4.78 is 0. The molecule has 2 unspecified atom stereocenters. The van der Waals surface area contributed by atoms with Gasteiger partial charge in [0, 0.05) is 17.6 Å². The van der Waals surface area contributed by atoms with E-state index in [1.165, 1.54) is 12.0 Å². The van der Waals surface area contributed by atoms with E-state index in [-0.39, 0.29) is 0 Å². The molecule has 0 radical (unpaired) electrons. The van der Waals surface area contributed by atoms with Crippen LogP contribution in [-0.2, 0) is 0 Å². The van der Waals surface area contributed by atoms with E-state index in [1.54, 1.807) is 0 Å². The van der Waals surface area contributed by atoms with Crippen LogP contribution in [0, 0.1) is 5.92 Å². The Balaban J connectivity index is 2.02. The van der Waals surface area contributed by atoms with Gasteiger partial charge in [-0.2, -0.15) is 0 Å². The molecule has 2 atom stereocenters. The van der Waals surface area contributed by atoms with Gasteiger partial charge in [0.2, 0.25) is 0 Å². The molecule has 2 N–H and O–H groups in total. The summed E-state index contributed by atoms with van der Waals surface area (Å²) in [7, 11) is 0. The summed E-state index contributed by atoms with van der Waals surface area (Å²) in [6, 6.07) is 8.62. The second kappa shape index (κ2) is 5.17. The Bertz CT molecular complexity index is 336. The number of benzene rings is 1. The van der Waals surface area contributed by atoms with Gasteiger partial charge in [-0.05, 0) is 50.0 Å². The topological polar surface area (TPSA) is 29.3 Å². The van der Waals surface area contributed by atoms with Crippen molar-refractivity contribution in [2.75, 3.05) is 19.6 Å². The van der Waals surface area contributed by atoms with Gasteiger partial charge < -0.3 is 5.73 Å². The van der Waals surface area contributed by atoms with Gasteiger partial charge in [-0.25, -0.2) is 0 Å². The lowest BCUT2D eigenvalue weighted by molar-refractivity contribution is 0.253. The van der Waals surface area contributed by atoms with Crippen LogP contribution in [0.1, 0.15) is 24.9 Å². The monoisotopic (exact) mass is 238 g/mol. The third-order valence-corrected chi connectivity index (χ3v) is 3.80. The van der Waals surface area contributed by atoms with Gasteiger partial charge in [0.15, 0.2) is 0 Å². The maximum absolute atomic E-state index is 5.89. The van der Waals surface area contributed by atoms with Crippen molar-refractivity contribution in [1.82, 2.24) is 4.90 Å². The number of rotatable bonds is 3. The van der Waals surface area contributed by atoms with Crippen molar-refractivity contribution in [3.63, 3.8) is 0 Å². The minimum absolute atomic E-state index is 0.466. The molecule has 88 valence electrons. The number of halogens is 1. The quantitative estimate of drug-likeness (QED) is 0.878. The van der Waals surface area contributed by atoms with Gasteiger partial charge >= 0.3 is 0 Å². The largest absolute Gasteiger partial charge is 0.330 e. The second-order valence-electron chi connectivity index (χ2n) is 4.61. The van der Waals surface area contributed by atoms with Crippen LogP contribution in [0.2, 0.25) is 5.02 Å². The van der Waals surface area contributed by atoms with Crippen molar-refractivity contribution in [3.8, 4) is 0 Å². The lowest BCUT2D eigenvalue weighted by Crippen LogP contribution is -2.26. The summed E-state index contributed by atoms with van der Waals surface area (Å²) >= 11 is 5.89. The highest BCUT2D eigenvalue weighted by molar-refractivity contribution is 6.30. The zero-order valence-electron chi connectivity index (χ0n) is 9.70. The molecule has 16 heavy (non-hydrogen) atoms. The van der Waals surface area contributed by atoms with E-state index < -0.39 is 0 Å². The van der Waals surface area contributed by atoms with Crippen molar-refractivity contribution in [3.05, 3.63) is 34.9 Å². The average Bonchev–Trinajstić information content (AvgIpc) is 2.77. The molecule has 1 heterocycles. The molecule has 3 heteroatoms. The van der Waals surface area contributed by atoms with Crippen molar-refractivity contribution < 1.29 is 0 Å². The predicted molar refractivity (Wildman–Crippen MR) is 68.6 cm³/mol. The summed E-state index contributed by atoms with van der Waals surface area (Å²) in [6.45, 7) is 5.35. The van der Waals surface area contributed by atoms with E-state index in [0.29, 0.717) is 12.0 Å². The van der Waals surface area contributed by atoms with Crippen LogP contribution in [0.15, 0.2) is 24.3 Å². The Morgan fingerprint density at radius 1 is 1.44 bits per heavy atom. The van der Waals surface area contributed by atoms with Crippen molar-refractivity contribution >= 4 is 11.6 Å². The molecule has 1 aromatic carbocycles. The highest BCUT2D eigenvalue weighted by Crippen LogP contribution is 2.27. The molecule has 0 amide bonds. The zero-order chi connectivity index (χ0) is 11.5. The van der Waals surface area contributed by atoms with E-state index >= 15 is 0 Å². The van der Waals surface area contributed by atoms with Crippen molar-refractivity contribution in [2.24, 2.45) is 11.7 Å². The van der Waals surface area contributed by atoms with Crippen LogP contribution in [0.3, 0.4) is 0 Å². The number of nitrogens with zero attached hydrogens (tertiary/aromatic N) is 1. The average molecular weight is 239 g/mol. The van der Waals surface area contributed by atoms with Crippen LogP contribution < -0.4 is 5.73 Å². The maximum Gasteiger partial charge on any atom is 0.0406 e. The summed E-state index contributed by atoms with van der Waals surface area (Å²) in [5.41, 5.74) is 7.05. The summed E-state index contributed by atoms with van der Waals surface area (Å²) in [4.78, 5) is 2.50. The van der Waals surface area contributed by atoms with Crippen molar-refractivity contribution in [2.45, 2.75) is 19.4 Å². The summed E-state index contributed by atoms with van der Waals surface area (Å²) in [5, 5.41) is 0.803. The molecule has 0 spiro atoms.